The van der Waals surface area contributed by atoms with Crippen molar-refractivity contribution in [2.24, 2.45) is 5.92 Å². The zero-order valence-electron chi connectivity index (χ0n) is 16.3. The SMILES string of the molecule is CC[C@@H](C)[C@H](NC(=O)[C@@H](S)[C@H]([NH3+])CCS(=O)(=O)[O-])C(=O)N[C@@H](CS(=O)(=O)O)C(=O)O. The lowest BCUT2D eigenvalue weighted by atomic mass is 9.97. The van der Waals surface area contributed by atoms with Gasteiger partial charge < -0.3 is 26.0 Å². The molecule has 0 aliphatic carbocycles. The predicted octanol–water partition coefficient (Wildman–Crippen LogP) is -3.18. The van der Waals surface area contributed by atoms with Crippen LogP contribution in [0, 0.1) is 5.92 Å². The molecule has 0 bridgehead atoms. The number of nitrogens with one attached hydrogen (secondary N) is 2. The van der Waals surface area contributed by atoms with Gasteiger partial charge in [-0.2, -0.15) is 21.0 Å². The van der Waals surface area contributed by atoms with Crippen LogP contribution in [-0.2, 0) is 34.6 Å². The lowest BCUT2D eigenvalue weighted by Crippen LogP contribution is -2.69. The number of carbonyl (C=O) groups excluding carboxylic acids is 2. The first-order chi connectivity index (χ1) is 13.5. The van der Waals surface area contributed by atoms with Crippen molar-refractivity contribution in [1.82, 2.24) is 10.6 Å². The van der Waals surface area contributed by atoms with Crippen LogP contribution in [0.25, 0.3) is 0 Å². The van der Waals surface area contributed by atoms with E-state index in [4.69, 9.17) is 9.66 Å². The second kappa shape index (κ2) is 11.8. The minimum atomic E-state index is -4.71. The zero-order valence-corrected chi connectivity index (χ0v) is 18.9. The summed E-state index contributed by atoms with van der Waals surface area (Å²) in [5.41, 5.74) is 3.58. The molecule has 0 unspecified atom stereocenters. The van der Waals surface area contributed by atoms with Gasteiger partial charge in [-0.1, -0.05) is 20.3 Å². The number of aliphatic carboxylic acids is 1. The van der Waals surface area contributed by atoms with Crippen LogP contribution in [0.1, 0.15) is 26.7 Å². The monoisotopic (exact) mass is 493 g/mol. The first kappa shape index (κ1) is 28.5. The van der Waals surface area contributed by atoms with E-state index in [1.165, 1.54) is 0 Å². The molecule has 0 spiro atoms. The van der Waals surface area contributed by atoms with Gasteiger partial charge in [0.2, 0.25) is 11.8 Å². The van der Waals surface area contributed by atoms with Crippen LogP contribution in [0.3, 0.4) is 0 Å². The van der Waals surface area contributed by atoms with Crippen LogP contribution in [0.4, 0.5) is 0 Å². The second-order valence-corrected chi connectivity index (χ2v) is 10.4. The van der Waals surface area contributed by atoms with Gasteiger partial charge in [0.1, 0.15) is 29.1 Å². The van der Waals surface area contributed by atoms with Crippen molar-refractivity contribution in [1.29, 1.82) is 0 Å². The molecule has 7 N–H and O–H groups in total. The summed E-state index contributed by atoms with van der Waals surface area (Å²) in [6.45, 7) is 3.26. The first-order valence-electron chi connectivity index (χ1n) is 8.71. The summed E-state index contributed by atoms with van der Waals surface area (Å²) < 4.78 is 62.9. The standard InChI is InChI=1S/C14H27N3O10S3/c1-3-7(2)10(12(18)16-9(14(20)21)6-30(25,26)27)17-13(19)11(28)8(15)4-5-29(22,23)24/h7-11,28H,3-6,15H2,1-2H3,(H,16,18)(H,17,19)(H,20,21)(H,22,23,24)(H,25,26,27)/t7-,8-,9+,10+,11+/m1/s1. The number of rotatable bonds is 13. The average molecular weight is 494 g/mol. The number of carboxylic acid groups (broad SMARTS) is 1. The normalized spacial score (nSPS) is 17.3. The van der Waals surface area contributed by atoms with Crippen molar-refractivity contribution in [2.75, 3.05) is 11.5 Å². The summed E-state index contributed by atoms with van der Waals surface area (Å²) in [7, 11) is -9.22. The topological polar surface area (TPSA) is 235 Å². The fourth-order valence-electron chi connectivity index (χ4n) is 2.26. The van der Waals surface area contributed by atoms with Gasteiger partial charge >= 0.3 is 5.97 Å². The lowest BCUT2D eigenvalue weighted by molar-refractivity contribution is -0.416. The summed E-state index contributed by atoms with van der Waals surface area (Å²) in [6, 6.07) is -4.12. The Morgan fingerprint density at radius 1 is 1.13 bits per heavy atom. The molecule has 0 saturated carbocycles. The van der Waals surface area contributed by atoms with Crippen molar-refractivity contribution in [3.8, 4) is 0 Å². The van der Waals surface area contributed by atoms with E-state index in [1.807, 2.05) is 5.32 Å². The largest absolute Gasteiger partial charge is 0.748 e. The maximum atomic E-state index is 12.5. The van der Waals surface area contributed by atoms with E-state index in [0.29, 0.717) is 6.42 Å². The van der Waals surface area contributed by atoms with Crippen LogP contribution in [-0.4, -0.2) is 83.7 Å². The Balaban J connectivity index is 5.33. The van der Waals surface area contributed by atoms with Gasteiger partial charge in [-0.15, -0.1) is 0 Å². The Morgan fingerprint density at radius 2 is 1.67 bits per heavy atom. The molecule has 0 fully saturated rings. The number of amides is 2. The van der Waals surface area contributed by atoms with E-state index in [2.05, 4.69) is 23.7 Å². The smallest absolute Gasteiger partial charge is 0.327 e. The summed E-state index contributed by atoms with van der Waals surface area (Å²) in [6.07, 6.45) is 0.122. The Hall–Kier alpha value is -1.46. The van der Waals surface area contributed by atoms with Gasteiger partial charge in [0, 0.05) is 12.2 Å². The maximum Gasteiger partial charge on any atom is 0.327 e. The van der Waals surface area contributed by atoms with Crippen molar-refractivity contribution in [2.45, 2.75) is 50.1 Å². The highest BCUT2D eigenvalue weighted by Gasteiger charge is 2.34. The Labute approximate surface area is 180 Å². The molecule has 176 valence electrons. The van der Waals surface area contributed by atoms with Crippen molar-refractivity contribution >= 4 is 50.6 Å². The molecule has 13 nitrogen and oxygen atoms in total. The van der Waals surface area contributed by atoms with E-state index in [0.717, 1.165) is 0 Å². The quantitative estimate of drug-likeness (QED) is 0.111. The molecule has 0 rings (SSSR count). The molecule has 0 aliphatic rings. The molecule has 0 heterocycles. The van der Waals surface area contributed by atoms with Crippen molar-refractivity contribution < 1.29 is 51.2 Å². The van der Waals surface area contributed by atoms with Gasteiger partial charge in [0.05, 0.1) is 10.1 Å². The average Bonchev–Trinajstić information content (AvgIpc) is 2.59. The molecule has 0 radical (unpaired) electrons. The van der Waals surface area contributed by atoms with Crippen molar-refractivity contribution in [3.63, 3.8) is 0 Å². The molecule has 0 saturated heterocycles. The molecule has 2 amide bonds. The third-order valence-electron chi connectivity index (χ3n) is 4.24. The van der Waals surface area contributed by atoms with E-state index in [-0.39, 0.29) is 6.42 Å². The lowest BCUT2D eigenvalue weighted by Gasteiger charge is -2.27. The van der Waals surface area contributed by atoms with Crippen LogP contribution in [0.15, 0.2) is 0 Å². The summed E-state index contributed by atoms with van der Waals surface area (Å²) in [5.74, 6) is -6.06. The molecule has 0 aromatic heterocycles. The third-order valence-corrected chi connectivity index (χ3v) is 6.39. The van der Waals surface area contributed by atoms with Crippen molar-refractivity contribution in [3.05, 3.63) is 0 Å². The Bertz CT molecular complexity index is 830. The fourth-order valence-corrected chi connectivity index (χ4v) is 3.72. The minimum absolute atomic E-state index is 0.247. The molecular weight excluding hydrogens is 466 g/mol. The molecular formula is C14H27N3O10S3. The summed E-state index contributed by atoms with van der Waals surface area (Å²) >= 11 is 4.04. The number of hydrogen-bond donors (Lipinski definition) is 6. The van der Waals surface area contributed by atoms with Crippen LogP contribution < -0.4 is 16.4 Å². The maximum absolute atomic E-state index is 12.5. The predicted molar refractivity (Wildman–Crippen MR) is 106 cm³/mol. The van der Waals surface area contributed by atoms with Gasteiger partial charge in [-0.3, -0.25) is 14.1 Å². The summed E-state index contributed by atoms with van der Waals surface area (Å²) in [5, 5.41) is 12.2. The molecule has 0 aromatic rings. The fraction of sp³-hybridized carbons (Fsp3) is 0.786. The molecule has 16 heteroatoms. The number of carbonyl (C=O) groups is 3. The first-order valence-corrected chi connectivity index (χ1v) is 12.4. The molecule has 0 aromatic carbocycles. The number of hydrogen-bond acceptors (Lipinski definition) is 9. The van der Waals surface area contributed by atoms with Gasteiger partial charge in [-0.05, 0) is 5.92 Å². The molecule has 30 heavy (non-hydrogen) atoms. The highest BCUT2D eigenvalue weighted by molar-refractivity contribution is 7.86. The van der Waals surface area contributed by atoms with E-state index >= 15 is 0 Å². The third kappa shape index (κ3) is 11.1. The van der Waals surface area contributed by atoms with Gasteiger partial charge in [0.25, 0.3) is 10.1 Å². The van der Waals surface area contributed by atoms with Crippen LogP contribution >= 0.6 is 12.6 Å². The molecule has 0 aliphatic heterocycles. The number of carboxylic acids is 1. The number of quaternary nitrogens is 1. The Kier molecular flexibility index (Phi) is 11.2. The van der Waals surface area contributed by atoms with Gasteiger partial charge in [-0.25, -0.2) is 13.2 Å². The minimum Gasteiger partial charge on any atom is -0.748 e. The van der Waals surface area contributed by atoms with Crippen LogP contribution in [0.2, 0.25) is 0 Å². The van der Waals surface area contributed by atoms with E-state index < -0.39 is 78.8 Å². The Morgan fingerprint density at radius 3 is 2.07 bits per heavy atom. The van der Waals surface area contributed by atoms with E-state index in [1.54, 1.807) is 13.8 Å². The summed E-state index contributed by atoms with van der Waals surface area (Å²) in [4.78, 5) is 36.1. The highest BCUT2D eigenvalue weighted by Crippen LogP contribution is 2.11. The molecule has 5 atom stereocenters. The highest BCUT2D eigenvalue weighted by atomic mass is 32.2. The van der Waals surface area contributed by atoms with Crippen LogP contribution in [0.5, 0.6) is 0 Å². The second-order valence-electron chi connectivity index (χ2n) is 6.78. The zero-order chi connectivity index (χ0) is 23.9. The van der Waals surface area contributed by atoms with E-state index in [9.17, 15) is 35.8 Å². The van der Waals surface area contributed by atoms with Gasteiger partial charge in [0.15, 0.2) is 0 Å². The number of thiol groups is 1.